The molecular formula is C24H25NO. The number of ether oxygens (including phenoxy) is 1. The Morgan fingerprint density at radius 2 is 1.42 bits per heavy atom. The fraction of sp³-hybridized carbons (Fsp3) is 0.250. The monoisotopic (exact) mass is 343 g/mol. The average molecular weight is 343 g/mol. The molecule has 3 aromatic rings. The van der Waals surface area contributed by atoms with Crippen molar-refractivity contribution in [2.75, 3.05) is 6.54 Å². The van der Waals surface area contributed by atoms with Crippen LogP contribution in [0.1, 0.15) is 35.7 Å². The molecular weight excluding hydrogens is 318 g/mol. The van der Waals surface area contributed by atoms with Gasteiger partial charge in [0.25, 0.3) is 0 Å². The molecule has 2 heteroatoms. The van der Waals surface area contributed by atoms with Crippen LogP contribution in [0.2, 0.25) is 0 Å². The molecule has 3 atom stereocenters. The van der Waals surface area contributed by atoms with Gasteiger partial charge in [0.05, 0.1) is 18.8 Å². The van der Waals surface area contributed by atoms with Gasteiger partial charge in [0.2, 0.25) is 0 Å². The Labute approximate surface area is 156 Å². The van der Waals surface area contributed by atoms with E-state index in [-0.39, 0.29) is 6.10 Å². The van der Waals surface area contributed by atoms with Gasteiger partial charge in [-0.3, -0.25) is 4.90 Å². The van der Waals surface area contributed by atoms with E-state index >= 15 is 0 Å². The van der Waals surface area contributed by atoms with Crippen molar-refractivity contribution in [2.45, 2.75) is 31.7 Å². The lowest BCUT2D eigenvalue weighted by molar-refractivity contribution is -0.129. The van der Waals surface area contributed by atoms with Crippen LogP contribution in [0.3, 0.4) is 0 Å². The third kappa shape index (κ3) is 3.57. The Kier molecular flexibility index (Phi) is 5.14. The van der Waals surface area contributed by atoms with Crippen molar-refractivity contribution in [1.82, 2.24) is 4.90 Å². The quantitative estimate of drug-likeness (QED) is 0.595. The summed E-state index contributed by atoms with van der Waals surface area (Å²) in [5, 5.41) is 0. The van der Waals surface area contributed by atoms with Gasteiger partial charge >= 0.3 is 0 Å². The highest BCUT2D eigenvalue weighted by atomic mass is 16.5. The highest BCUT2D eigenvalue weighted by molar-refractivity contribution is 5.27. The largest absolute Gasteiger partial charge is 0.370 e. The topological polar surface area (TPSA) is 12.5 Å². The van der Waals surface area contributed by atoms with Gasteiger partial charge in [0, 0.05) is 12.6 Å². The van der Waals surface area contributed by atoms with Crippen molar-refractivity contribution in [3.63, 3.8) is 0 Å². The zero-order chi connectivity index (χ0) is 17.8. The molecule has 0 aliphatic carbocycles. The average Bonchev–Trinajstić information content (AvgIpc) is 2.69. The molecule has 26 heavy (non-hydrogen) atoms. The van der Waals surface area contributed by atoms with E-state index < -0.39 is 0 Å². The Morgan fingerprint density at radius 3 is 2.08 bits per heavy atom. The molecule has 1 heterocycles. The number of benzene rings is 3. The third-order valence-electron chi connectivity index (χ3n) is 5.33. The minimum Gasteiger partial charge on any atom is -0.370 e. The van der Waals surface area contributed by atoms with Gasteiger partial charge in [-0.1, -0.05) is 91.0 Å². The van der Waals surface area contributed by atoms with Gasteiger partial charge < -0.3 is 4.74 Å². The van der Waals surface area contributed by atoms with Crippen molar-refractivity contribution >= 4 is 0 Å². The molecule has 1 aliphatic heterocycles. The Hall–Kier alpha value is -2.42. The normalized spacial score (nSPS) is 21.1. The first-order valence-electron chi connectivity index (χ1n) is 9.34. The minimum atomic E-state index is 0.226. The zero-order valence-electron chi connectivity index (χ0n) is 15.2. The summed E-state index contributed by atoms with van der Waals surface area (Å²) in [6.45, 7) is 3.92. The van der Waals surface area contributed by atoms with Gasteiger partial charge in [0.15, 0.2) is 0 Å². The molecule has 0 saturated carbocycles. The first-order chi connectivity index (χ1) is 12.8. The van der Waals surface area contributed by atoms with Gasteiger partial charge in [0.1, 0.15) is 0 Å². The predicted octanol–water partition coefficient (Wildman–Crippen LogP) is 5.39. The summed E-state index contributed by atoms with van der Waals surface area (Å²) in [4.78, 5) is 2.54. The maximum atomic E-state index is 6.31. The highest BCUT2D eigenvalue weighted by Crippen LogP contribution is 2.42. The summed E-state index contributed by atoms with van der Waals surface area (Å²) in [5.74, 6) is 0. The van der Waals surface area contributed by atoms with Crippen molar-refractivity contribution in [2.24, 2.45) is 0 Å². The van der Waals surface area contributed by atoms with Crippen LogP contribution in [0.4, 0.5) is 0 Å². The van der Waals surface area contributed by atoms with Crippen molar-refractivity contribution in [3.05, 3.63) is 108 Å². The first-order valence-corrected chi connectivity index (χ1v) is 9.34. The number of nitrogens with zero attached hydrogens (tertiary/aromatic N) is 1. The third-order valence-corrected chi connectivity index (χ3v) is 5.33. The van der Waals surface area contributed by atoms with Crippen LogP contribution in [0.5, 0.6) is 0 Å². The molecule has 0 unspecified atom stereocenters. The summed E-state index contributed by atoms with van der Waals surface area (Å²) in [6.07, 6.45) is 0.226. The maximum Gasteiger partial charge on any atom is 0.0903 e. The van der Waals surface area contributed by atoms with E-state index in [1.165, 1.54) is 16.7 Å². The summed E-state index contributed by atoms with van der Waals surface area (Å²) < 4.78 is 6.31. The van der Waals surface area contributed by atoms with E-state index in [0.717, 1.165) is 6.54 Å². The van der Waals surface area contributed by atoms with Gasteiger partial charge in [-0.2, -0.15) is 0 Å². The molecule has 0 N–H and O–H groups in total. The smallest absolute Gasteiger partial charge is 0.0903 e. The Morgan fingerprint density at radius 1 is 0.846 bits per heavy atom. The van der Waals surface area contributed by atoms with Crippen molar-refractivity contribution in [1.29, 1.82) is 0 Å². The Bertz CT molecular complexity index is 803. The lowest BCUT2D eigenvalue weighted by Gasteiger charge is -2.51. The standard InChI is InChI=1S/C24H25NO/c1-19(21-13-7-3-8-14-21)25-17-23(24(25)22-15-9-4-10-16-22)26-18-20-11-5-2-6-12-20/h2-16,19,23-24H,17-18H2,1H3/t19-,23+,24+/m0/s1. The van der Waals surface area contributed by atoms with Crippen LogP contribution in [0.15, 0.2) is 91.0 Å². The van der Waals surface area contributed by atoms with E-state index in [2.05, 4.69) is 96.8 Å². The number of hydrogen-bond acceptors (Lipinski definition) is 2. The van der Waals surface area contributed by atoms with E-state index in [4.69, 9.17) is 4.74 Å². The number of rotatable bonds is 6. The molecule has 2 nitrogen and oxygen atoms in total. The molecule has 1 fully saturated rings. The lowest BCUT2D eigenvalue weighted by atomic mass is 9.88. The van der Waals surface area contributed by atoms with E-state index in [9.17, 15) is 0 Å². The second-order valence-electron chi connectivity index (χ2n) is 6.97. The molecule has 1 aliphatic rings. The SMILES string of the molecule is C[C@@H](c1ccccc1)N1C[C@@H](OCc2ccccc2)[C@H]1c1ccccc1. The molecule has 132 valence electrons. The second-order valence-corrected chi connectivity index (χ2v) is 6.97. The fourth-order valence-electron chi connectivity index (χ4n) is 3.80. The second kappa shape index (κ2) is 7.86. The molecule has 1 saturated heterocycles. The van der Waals surface area contributed by atoms with Crippen LogP contribution >= 0.6 is 0 Å². The van der Waals surface area contributed by atoms with Crippen LogP contribution in [-0.2, 0) is 11.3 Å². The highest BCUT2D eigenvalue weighted by Gasteiger charge is 2.43. The minimum absolute atomic E-state index is 0.226. The maximum absolute atomic E-state index is 6.31. The molecule has 0 radical (unpaired) electrons. The van der Waals surface area contributed by atoms with Crippen LogP contribution < -0.4 is 0 Å². The van der Waals surface area contributed by atoms with E-state index in [1.807, 2.05) is 6.07 Å². The molecule has 0 bridgehead atoms. The Balaban J connectivity index is 1.51. The van der Waals surface area contributed by atoms with Crippen LogP contribution in [-0.4, -0.2) is 17.5 Å². The van der Waals surface area contributed by atoms with Crippen LogP contribution in [0, 0.1) is 0 Å². The first kappa shape index (κ1) is 17.0. The van der Waals surface area contributed by atoms with Gasteiger partial charge in [-0.25, -0.2) is 0 Å². The predicted molar refractivity (Wildman–Crippen MR) is 106 cm³/mol. The summed E-state index contributed by atoms with van der Waals surface area (Å²) in [6, 6.07) is 32.6. The molecule has 0 amide bonds. The molecule has 0 aromatic heterocycles. The van der Waals surface area contributed by atoms with E-state index in [1.54, 1.807) is 0 Å². The zero-order valence-corrected chi connectivity index (χ0v) is 15.2. The summed E-state index contributed by atoms with van der Waals surface area (Å²) in [7, 11) is 0. The van der Waals surface area contributed by atoms with Crippen molar-refractivity contribution in [3.8, 4) is 0 Å². The van der Waals surface area contributed by atoms with Gasteiger partial charge in [-0.05, 0) is 23.6 Å². The summed E-state index contributed by atoms with van der Waals surface area (Å²) >= 11 is 0. The molecule has 0 spiro atoms. The van der Waals surface area contributed by atoms with Gasteiger partial charge in [-0.15, -0.1) is 0 Å². The fourth-order valence-corrected chi connectivity index (χ4v) is 3.80. The number of hydrogen-bond donors (Lipinski definition) is 0. The van der Waals surface area contributed by atoms with Crippen molar-refractivity contribution < 1.29 is 4.74 Å². The molecule has 4 rings (SSSR count). The molecule has 3 aromatic carbocycles. The van der Waals surface area contributed by atoms with Crippen LogP contribution in [0.25, 0.3) is 0 Å². The summed E-state index contributed by atoms with van der Waals surface area (Å²) in [5.41, 5.74) is 3.92. The number of likely N-dealkylation sites (tertiary alicyclic amines) is 1. The van der Waals surface area contributed by atoms with E-state index in [0.29, 0.717) is 18.7 Å². The lowest BCUT2D eigenvalue weighted by Crippen LogP contribution is -2.55.